The van der Waals surface area contributed by atoms with Gasteiger partial charge < -0.3 is 5.53 Å². The monoisotopic (exact) mass is 857 g/mol. The van der Waals surface area contributed by atoms with Gasteiger partial charge in [-0.25, -0.2) is 4.70 Å². The number of allylic oxidation sites excluding steroid dienone is 4. The van der Waals surface area contributed by atoms with Crippen LogP contribution in [0.4, 0.5) is 0 Å². The molecule has 0 saturated carbocycles. The van der Waals surface area contributed by atoms with Gasteiger partial charge in [0.15, 0.2) is 0 Å². The summed E-state index contributed by atoms with van der Waals surface area (Å²) in [5, 5.41) is 0. The first-order chi connectivity index (χ1) is 27.5. The van der Waals surface area contributed by atoms with Crippen molar-refractivity contribution in [1.29, 1.82) is 0 Å². The van der Waals surface area contributed by atoms with E-state index in [4.69, 9.17) is 0 Å². The van der Waals surface area contributed by atoms with Gasteiger partial charge in [0.05, 0.1) is 5.57 Å². The number of benzene rings is 2. The Morgan fingerprint density at radius 2 is 0.875 bits per heavy atom. The molecule has 0 radical (unpaired) electrons. The molecule has 2 aromatic carbocycles. The second-order valence-electron chi connectivity index (χ2n) is 16.3. The average Bonchev–Trinajstić information content (AvgIpc) is 3.54. The van der Waals surface area contributed by atoms with Crippen LogP contribution in [0.3, 0.4) is 0 Å². The summed E-state index contributed by atoms with van der Waals surface area (Å²) in [6.07, 6.45) is 39.6. The minimum atomic E-state index is 0.909. The van der Waals surface area contributed by atoms with Gasteiger partial charge in [0, 0.05) is 17.2 Å². The molecule has 0 saturated heterocycles. The predicted molar refractivity (Wildman–Crippen MR) is 246 cm³/mol. The second kappa shape index (κ2) is 32.8. The predicted octanol–water partition coefficient (Wildman–Crippen LogP) is 17.8. The van der Waals surface area contributed by atoms with Crippen molar-refractivity contribution < 1.29 is 22.7 Å². The van der Waals surface area contributed by atoms with Crippen molar-refractivity contribution in [2.24, 2.45) is 0 Å². The van der Waals surface area contributed by atoms with Crippen LogP contribution < -0.4 is 0 Å². The first kappa shape index (κ1) is 50.1. The zero-order chi connectivity index (χ0) is 40.6. The standard InChI is InChI=1S/C43H64N2.2C5H11.Pd/c1-6-11-16-19-22-27-39-34-42(40-30-35(23-14-9-4)28-36(31-40)24-15-10-5)45(44)43(39)41-32-37(25-20-17-12-7-2)29-38(33-41)26-21-18-13-8-3;2*1-3-5-4-2;/h22,27-34H,6-21,23-26H2,1-5H3;2*1,3-5H2,2H3;. The molecule has 3 heteroatoms. The Kier molecular flexibility index (Phi) is 29.4. The summed E-state index contributed by atoms with van der Waals surface area (Å²) in [6, 6.07) is 14.2. The molecule has 0 aromatic heterocycles. The van der Waals surface area contributed by atoms with Crippen molar-refractivity contribution in [3.8, 4) is 0 Å². The summed E-state index contributed by atoms with van der Waals surface area (Å²) in [5.41, 5.74) is 22.9. The van der Waals surface area contributed by atoms with Gasteiger partial charge in [0.2, 0.25) is 11.4 Å². The number of rotatable bonds is 31. The number of hydrogen-bond acceptors (Lipinski definition) is 0. The fourth-order valence-electron chi connectivity index (χ4n) is 7.42. The Morgan fingerprint density at radius 3 is 1.34 bits per heavy atom. The van der Waals surface area contributed by atoms with Gasteiger partial charge in [0.1, 0.15) is 0 Å². The third kappa shape index (κ3) is 20.6. The molecule has 0 bridgehead atoms. The molecule has 0 atom stereocenters. The first-order valence-corrected chi connectivity index (χ1v) is 26.0. The van der Waals surface area contributed by atoms with Crippen LogP contribution in [0.1, 0.15) is 223 Å². The fourth-order valence-corrected chi connectivity index (χ4v) is 9.36. The van der Waals surface area contributed by atoms with E-state index < -0.39 is 0 Å². The van der Waals surface area contributed by atoms with Crippen LogP contribution in [-0.2, 0) is 43.7 Å². The topological polar surface area (TPSA) is 25.3 Å². The van der Waals surface area contributed by atoms with E-state index in [0.717, 1.165) is 78.2 Å². The molecule has 0 spiro atoms. The van der Waals surface area contributed by atoms with E-state index in [9.17, 15) is 5.53 Å². The number of aryl methyl sites for hydroxylation is 4. The molecule has 0 N–H and O–H groups in total. The molecule has 0 unspecified atom stereocenters. The van der Waals surface area contributed by atoms with Crippen LogP contribution in [0.5, 0.6) is 0 Å². The Labute approximate surface area is 356 Å². The van der Waals surface area contributed by atoms with Crippen molar-refractivity contribution in [1.82, 2.24) is 0 Å². The van der Waals surface area contributed by atoms with E-state index in [1.54, 1.807) is 0 Å². The Hall–Kier alpha value is -2.08. The molecular weight excluding hydrogens is 771 g/mol. The van der Waals surface area contributed by atoms with Crippen LogP contribution in [0.15, 0.2) is 60.2 Å². The molecule has 318 valence electrons. The van der Waals surface area contributed by atoms with Gasteiger partial charge in [-0.1, -0.05) is 123 Å². The van der Waals surface area contributed by atoms with E-state index in [0.29, 0.717) is 0 Å². The van der Waals surface area contributed by atoms with Gasteiger partial charge in [-0.15, -0.1) is 0 Å². The Morgan fingerprint density at radius 1 is 0.464 bits per heavy atom. The zero-order valence-electron chi connectivity index (χ0n) is 37.7. The molecule has 2 aromatic rings. The number of unbranched alkanes of at least 4 members (excludes halogenated alkanes) is 15. The SMILES string of the molecule is CCCCCC=CC1=C(c2cc(CCCCCC)cc(CCCCCC)c2)[N+](=[N-])C(c2cc(CCCC)cc(CCCC)c2)=C1.CCCC[CH2][Pd][CH2]CCCC. The summed E-state index contributed by atoms with van der Waals surface area (Å²) in [7, 11) is 0. The number of nitrogens with zero attached hydrogens (tertiary/aromatic N) is 2. The van der Waals surface area contributed by atoms with E-state index in [-0.39, 0.29) is 0 Å². The summed E-state index contributed by atoms with van der Waals surface area (Å²) in [4.78, 5) is 3.04. The zero-order valence-corrected chi connectivity index (χ0v) is 39.3. The molecular formula is C53H86N2Pd. The molecule has 0 fully saturated rings. The Balaban J connectivity index is 0.000000854. The van der Waals surface area contributed by atoms with Crippen molar-refractivity contribution in [3.63, 3.8) is 0 Å². The minimum absolute atomic E-state index is 0.909. The molecule has 2 nitrogen and oxygen atoms in total. The van der Waals surface area contributed by atoms with Crippen LogP contribution in [0.2, 0.25) is 9.79 Å². The Bertz CT molecular complexity index is 1360. The van der Waals surface area contributed by atoms with Gasteiger partial charge in [-0.3, -0.25) is 0 Å². The second-order valence-corrected chi connectivity index (χ2v) is 18.7. The number of hydrogen-bond donors (Lipinski definition) is 0. The van der Waals surface area contributed by atoms with E-state index >= 15 is 0 Å². The van der Waals surface area contributed by atoms with E-state index in [1.807, 2.05) is 0 Å². The maximum atomic E-state index is 12.0. The quantitative estimate of drug-likeness (QED) is 0.0410. The average molecular weight is 858 g/mol. The summed E-state index contributed by atoms with van der Waals surface area (Å²) >= 11 is 1.08. The van der Waals surface area contributed by atoms with Gasteiger partial charge in [0.25, 0.3) is 0 Å². The molecule has 1 heterocycles. The van der Waals surface area contributed by atoms with Crippen molar-refractivity contribution >= 4 is 11.4 Å². The molecule has 1 aliphatic heterocycles. The van der Waals surface area contributed by atoms with Crippen LogP contribution in [0.25, 0.3) is 16.9 Å². The van der Waals surface area contributed by atoms with E-state index in [2.05, 4.69) is 103 Å². The van der Waals surface area contributed by atoms with Crippen molar-refractivity contribution in [3.05, 3.63) is 99.1 Å². The first-order valence-electron chi connectivity index (χ1n) is 23.8. The molecule has 3 rings (SSSR count). The van der Waals surface area contributed by atoms with Gasteiger partial charge >= 0.3 is 80.1 Å². The molecule has 56 heavy (non-hydrogen) atoms. The van der Waals surface area contributed by atoms with Crippen molar-refractivity contribution in [2.75, 3.05) is 0 Å². The van der Waals surface area contributed by atoms with Gasteiger partial charge in [-0.05, 0) is 111 Å². The summed E-state index contributed by atoms with van der Waals surface area (Å²) in [6.45, 7) is 15.9. The molecule has 1 aliphatic rings. The van der Waals surface area contributed by atoms with Crippen LogP contribution >= 0.6 is 0 Å². The third-order valence-corrected chi connectivity index (χ3v) is 13.1. The summed E-state index contributed by atoms with van der Waals surface area (Å²) < 4.78 is 1.52. The van der Waals surface area contributed by atoms with Crippen LogP contribution in [0, 0.1) is 0 Å². The summed E-state index contributed by atoms with van der Waals surface area (Å²) in [5.74, 6) is 0. The molecule has 0 amide bonds. The van der Waals surface area contributed by atoms with E-state index in [1.165, 1.54) is 172 Å². The molecule has 0 aliphatic carbocycles. The maximum absolute atomic E-state index is 12.0. The van der Waals surface area contributed by atoms with Crippen molar-refractivity contribution in [2.45, 2.75) is 225 Å². The van der Waals surface area contributed by atoms with Crippen LogP contribution in [-0.4, -0.2) is 4.70 Å². The van der Waals surface area contributed by atoms with Gasteiger partial charge in [-0.2, -0.15) is 0 Å². The normalized spacial score (nSPS) is 12.9. The fraction of sp³-hybridized carbons (Fsp3) is 0.660. The third-order valence-electron chi connectivity index (χ3n) is 10.9.